The summed E-state index contributed by atoms with van der Waals surface area (Å²) in [5.41, 5.74) is 0.983. The molecule has 33 heavy (non-hydrogen) atoms. The van der Waals surface area contributed by atoms with E-state index in [0.29, 0.717) is 6.61 Å². The minimum atomic E-state index is -2.02. The highest BCUT2D eigenvalue weighted by atomic mass is 28.4. The molecule has 1 heterocycles. The van der Waals surface area contributed by atoms with Gasteiger partial charge in [0.05, 0.1) is 6.61 Å². The number of para-hydroxylation sites is 1. The van der Waals surface area contributed by atoms with Crippen LogP contribution in [-0.2, 0) is 18.7 Å². The first-order valence-corrected chi connectivity index (χ1v) is 17.7. The Labute approximate surface area is 203 Å². The van der Waals surface area contributed by atoms with Crippen LogP contribution in [0.5, 0.6) is 5.75 Å². The molecule has 1 aromatic carbocycles. The zero-order valence-corrected chi connectivity index (χ0v) is 24.4. The second kappa shape index (κ2) is 10.1. The molecule has 0 bridgehead atoms. The summed E-state index contributed by atoms with van der Waals surface area (Å²) in [6, 6.07) is 8.07. The number of hydrogen-bond donors (Lipinski definition) is 0. The maximum absolute atomic E-state index is 11.7. The summed E-state index contributed by atoms with van der Waals surface area (Å²) in [4.78, 5) is 11.7. The largest absolute Gasteiger partial charge is 0.543 e. The first-order valence-electron chi connectivity index (χ1n) is 11.9. The fraction of sp³-hybridized carbons (Fsp3) is 0.654. The third-order valence-electron chi connectivity index (χ3n) is 7.28. The fourth-order valence-corrected chi connectivity index (χ4v) is 5.06. The Morgan fingerprint density at radius 1 is 0.939 bits per heavy atom. The lowest BCUT2D eigenvalue weighted by Gasteiger charge is -2.40. The van der Waals surface area contributed by atoms with E-state index in [1.807, 2.05) is 30.4 Å². The van der Waals surface area contributed by atoms with Gasteiger partial charge < -0.3 is 18.3 Å². The number of hydrogen-bond acceptors (Lipinski definition) is 5. The molecule has 7 heteroatoms. The molecule has 0 saturated heterocycles. The van der Waals surface area contributed by atoms with E-state index < -0.39 is 22.7 Å². The normalized spacial score (nSPS) is 22.2. The minimum absolute atomic E-state index is 0.0808. The minimum Gasteiger partial charge on any atom is -0.543 e. The van der Waals surface area contributed by atoms with Gasteiger partial charge in [0.1, 0.15) is 24.1 Å². The lowest BCUT2D eigenvalue weighted by Crippen LogP contribution is -2.46. The molecule has 186 valence electrons. The molecule has 0 radical (unpaired) electrons. The maximum atomic E-state index is 11.7. The zero-order valence-electron chi connectivity index (χ0n) is 22.4. The van der Waals surface area contributed by atoms with Gasteiger partial charge in [-0.3, -0.25) is 4.79 Å². The molecule has 0 fully saturated rings. The lowest BCUT2D eigenvalue weighted by molar-refractivity contribution is -0.156. The van der Waals surface area contributed by atoms with Crippen molar-refractivity contribution in [2.75, 3.05) is 6.61 Å². The number of ether oxygens (including phenoxy) is 2. The molecule has 0 N–H and O–H groups in total. The molecule has 5 nitrogen and oxygen atoms in total. The van der Waals surface area contributed by atoms with Crippen LogP contribution in [0.3, 0.4) is 0 Å². The quantitative estimate of drug-likeness (QED) is 0.232. The van der Waals surface area contributed by atoms with Gasteiger partial charge in [-0.1, -0.05) is 65.8 Å². The van der Waals surface area contributed by atoms with Gasteiger partial charge in [-0.05, 0) is 48.4 Å². The molecule has 1 aliphatic heterocycles. The number of carbonyl (C=O) groups excluding carboxylic acids is 1. The van der Waals surface area contributed by atoms with Gasteiger partial charge in [0.25, 0.3) is 0 Å². The smallest absolute Gasteiger partial charge is 0.303 e. The molecule has 0 amide bonds. The number of rotatable bonds is 7. The van der Waals surface area contributed by atoms with Gasteiger partial charge in [0.15, 0.2) is 8.32 Å². The molecule has 3 atom stereocenters. The Morgan fingerprint density at radius 2 is 1.52 bits per heavy atom. The number of carbonyl (C=O) groups is 1. The summed E-state index contributed by atoms with van der Waals surface area (Å²) in [7, 11) is -4.01. The Balaban J connectivity index is 2.31. The fourth-order valence-electron chi connectivity index (χ4n) is 3.01. The van der Waals surface area contributed by atoms with Crippen molar-refractivity contribution in [3.8, 4) is 5.75 Å². The van der Waals surface area contributed by atoms with E-state index in [0.717, 1.165) is 11.3 Å². The average Bonchev–Trinajstić information content (AvgIpc) is 2.65. The Bertz CT molecular complexity index is 849. The van der Waals surface area contributed by atoms with Crippen molar-refractivity contribution in [3.05, 3.63) is 42.0 Å². The first kappa shape index (κ1) is 27.8. The maximum Gasteiger partial charge on any atom is 0.303 e. The van der Waals surface area contributed by atoms with Crippen LogP contribution in [0.1, 0.15) is 60.1 Å². The van der Waals surface area contributed by atoms with Gasteiger partial charge in [-0.15, -0.1) is 0 Å². The molecule has 1 aliphatic rings. The molecule has 0 unspecified atom stereocenters. The van der Waals surface area contributed by atoms with E-state index in [1.165, 1.54) is 6.92 Å². The van der Waals surface area contributed by atoms with Crippen molar-refractivity contribution >= 4 is 22.6 Å². The molecule has 0 spiro atoms. The topological polar surface area (TPSA) is 54.0 Å². The van der Waals surface area contributed by atoms with Gasteiger partial charge in [-0.2, -0.15) is 0 Å². The highest BCUT2D eigenvalue weighted by Crippen LogP contribution is 2.41. The van der Waals surface area contributed by atoms with Crippen molar-refractivity contribution in [1.82, 2.24) is 0 Å². The second-order valence-electron chi connectivity index (χ2n) is 12.0. The number of esters is 1. The third-order valence-corrected chi connectivity index (χ3v) is 16.1. The van der Waals surface area contributed by atoms with Crippen LogP contribution in [0.25, 0.3) is 0 Å². The van der Waals surface area contributed by atoms with E-state index in [2.05, 4.69) is 73.8 Å². The van der Waals surface area contributed by atoms with E-state index in [9.17, 15) is 4.79 Å². The predicted molar refractivity (Wildman–Crippen MR) is 140 cm³/mol. The lowest BCUT2D eigenvalue weighted by atomic mass is 10.0. The van der Waals surface area contributed by atoms with Crippen LogP contribution in [0.2, 0.25) is 36.3 Å². The van der Waals surface area contributed by atoms with Crippen LogP contribution in [0.15, 0.2) is 36.4 Å². The molecule has 0 aliphatic carbocycles. The van der Waals surface area contributed by atoms with Crippen LogP contribution < -0.4 is 4.43 Å². The summed E-state index contributed by atoms with van der Waals surface area (Å²) < 4.78 is 25.2. The van der Waals surface area contributed by atoms with E-state index >= 15 is 0 Å². The van der Waals surface area contributed by atoms with Crippen molar-refractivity contribution in [2.24, 2.45) is 0 Å². The van der Waals surface area contributed by atoms with Crippen LogP contribution >= 0.6 is 0 Å². The van der Waals surface area contributed by atoms with Gasteiger partial charge in [0, 0.05) is 12.5 Å². The van der Waals surface area contributed by atoms with Gasteiger partial charge in [-0.25, -0.2) is 0 Å². The molecule has 0 saturated carbocycles. The van der Waals surface area contributed by atoms with Gasteiger partial charge in [0.2, 0.25) is 8.32 Å². The molecular weight excluding hydrogens is 448 g/mol. The SMILES string of the molecule is CC(=O)O[C@H]1C=C[C@@H](c2ccccc2O[Si](C)(C)C(C)(C)C)O[C@@H]1CO[Si](C)(C)C(C)(C)C. The standard InChI is InChI=1S/C26H44O5Si2/c1-19(27)29-23-17-16-21(30-24(23)18-28-32(8,9)25(2,3)4)20-14-12-13-15-22(20)31-33(10,11)26(5,6)7/h12-17,21,23-24H,18H2,1-11H3/t21-,23-,24+/m0/s1. The number of benzene rings is 1. The van der Waals surface area contributed by atoms with Gasteiger partial charge >= 0.3 is 5.97 Å². The Hall–Kier alpha value is -1.42. The molecular formula is C26H44O5Si2. The monoisotopic (exact) mass is 492 g/mol. The summed E-state index contributed by atoms with van der Waals surface area (Å²) in [6.07, 6.45) is 2.73. The third kappa shape index (κ3) is 7.04. The van der Waals surface area contributed by atoms with E-state index in [4.69, 9.17) is 18.3 Å². The molecule has 2 rings (SSSR count). The van der Waals surface area contributed by atoms with Crippen molar-refractivity contribution in [1.29, 1.82) is 0 Å². The van der Waals surface area contributed by atoms with E-state index in [-0.39, 0.29) is 28.3 Å². The molecule has 0 aromatic heterocycles. The summed E-state index contributed by atoms with van der Waals surface area (Å²) in [5, 5.41) is 0.167. The Morgan fingerprint density at radius 3 is 2.06 bits per heavy atom. The summed E-state index contributed by atoms with van der Waals surface area (Å²) >= 11 is 0. The molecule has 1 aromatic rings. The highest BCUT2D eigenvalue weighted by molar-refractivity contribution is 6.75. The van der Waals surface area contributed by atoms with Crippen molar-refractivity contribution in [2.45, 2.75) is 103 Å². The van der Waals surface area contributed by atoms with Crippen molar-refractivity contribution < 1.29 is 23.1 Å². The zero-order chi connectivity index (χ0) is 25.2. The van der Waals surface area contributed by atoms with Crippen LogP contribution in [0.4, 0.5) is 0 Å². The van der Waals surface area contributed by atoms with Crippen LogP contribution in [0, 0.1) is 0 Å². The predicted octanol–water partition coefficient (Wildman–Crippen LogP) is 7.02. The van der Waals surface area contributed by atoms with Crippen LogP contribution in [-0.4, -0.2) is 41.4 Å². The van der Waals surface area contributed by atoms with Crippen molar-refractivity contribution in [3.63, 3.8) is 0 Å². The van der Waals surface area contributed by atoms with E-state index in [1.54, 1.807) is 0 Å². The average molecular weight is 493 g/mol. The highest BCUT2D eigenvalue weighted by Gasteiger charge is 2.41. The Kier molecular flexibility index (Phi) is 8.48. The second-order valence-corrected chi connectivity index (χ2v) is 21.6. The summed E-state index contributed by atoms with van der Waals surface area (Å²) in [5.74, 6) is 0.527. The first-order chi connectivity index (χ1) is 14.9. The summed E-state index contributed by atoms with van der Waals surface area (Å²) in [6.45, 7) is 24.0.